The third kappa shape index (κ3) is 4.03. The summed E-state index contributed by atoms with van der Waals surface area (Å²) in [6.45, 7) is 2.24. The van der Waals surface area contributed by atoms with E-state index in [0.29, 0.717) is 30.4 Å². The number of benzene rings is 1. The average molecular weight is 312 g/mol. The van der Waals surface area contributed by atoms with Crippen LogP contribution in [0.5, 0.6) is 0 Å². The largest absolute Gasteiger partial charge is 0.361 e. The van der Waals surface area contributed by atoms with Crippen LogP contribution in [0.15, 0.2) is 45.4 Å². The van der Waals surface area contributed by atoms with E-state index >= 15 is 0 Å². The third-order valence-electron chi connectivity index (χ3n) is 3.17. The number of carbonyl (C=O) groups excluding carboxylic acids is 1. The van der Waals surface area contributed by atoms with Crippen molar-refractivity contribution in [3.05, 3.63) is 53.7 Å². The lowest BCUT2D eigenvalue weighted by molar-refractivity contribution is -0.120. The van der Waals surface area contributed by atoms with Crippen molar-refractivity contribution in [2.24, 2.45) is 0 Å². The maximum absolute atomic E-state index is 11.8. The van der Waals surface area contributed by atoms with E-state index in [4.69, 9.17) is 9.05 Å². The molecule has 0 spiro atoms. The molecular weight excluding hydrogens is 296 g/mol. The molecule has 0 aliphatic carbocycles. The summed E-state index contributed by atoms with van der Waals surface area (Å²) in [6.07, 6.45) is 0.667. The van der Waals surface area contributed by atoms with Crippen LogP contribution >= 0.6 is 0 Å². The average Bonchev–Trinajstić information content (AvgIpc) is 3.17. The number of nitrogens with one attached hydrogen (secondary N) is 1. The first-order valence-corrected chi connectivity index (χ1v) is 7.27. The van der Waals surface area contributed by atoms with Crippen LogP contribution in [0.1, 0.15) is 17.3 Å². The van der Waals surface area contributed by atoms with Crippen LogP contribution in [0.3, 0.4) is 0 Å². The predicted octanol–water partition coefficient (Wildman–Crippen LogP) is 1.93. The molecule has 0 saturated carbocycles. The number of amides is 1. The molecule has 0 atom stereocenters. The maximum Gasteiger partial charge on any atom is 0.257 e. The minimum absolute atomic E-state index is 0.132. The molecule has 0 aliphatic heterocycles. The molecule has 1 aromatic carbocycles. The van der Waals surface area contributed by atoms with Crippen LogP contribution in [-0.4, -0.2) is 27.7 Å². The van der Waals surface area contributed by atoms with E-state index in [1.165, 1.54) is 0 Å². The van der Waals surface area contributed by atoms with E-state index in [9.17, 15) is 4.79 Å². The highest BCUT2D eigenvalue weighted by Gasteiger charge is 2.10. The van der Waals surface area contributed by atoms with Crippen molar-refractivity contribution < 1.29 is 13.8 Å². The first-order chi connectivity index (χ1) is 11.2. The van der Waals surface area contributed by atoms with Crippen molar-refractivity contribution in [3.63, 3.8) is 0 Å². The Morgan fingerprint density at radius 3 is 2.74 bits per heavy atom. The topological polar surface area (TPSA) is 94.1 Å². The molecule has 7 heteroatoms. The molecular formula is C16H16N4O3. The molecule has 0 fully saturated rings. The fourth-order valence-electron chi connectivity index (χ4n) is 2.09. The molecule has 2 heterocycles. The number of aryl methyl sites for hydroxylation is 1. The van der Waals surface area contributed by atoms with E-state index < -0.39 is 0 Å². The Hall–Kier alpha value is -2.96. The van der Waals surface area contributed by atoms with Gasteiger partial charge < -0.3 is 14.4 Å². The Kier molecular flexibility index (Phi) is 4.46. The quantitative estimate of drug-likeness (QED) is 0.747. The van der Waals surface area contributed by atoms with Crippen LogP contribution in [0, 0.1) is 6.92 Å². The summed E-state index contributed by atoms with van der Waals surface area (Å²) >= 11 is 0. The molecule has 1 amide bonds. The number of carbonyl (C=O) groups is 1. The van der Waals surface area contributed by atoms with Gasteiger partial charge in [0.05, 0.1) is 12.1 Å². The zero-order chi connectivity index (χ0) is 16.1. The van der Waals surface area contributed by atoms with Crippen LogP contribution in [0.2, 0.25) is 0 Å². The van der Waals surface area contributed by atoms with Gasteiger partial charge >= 0.3 is 0 Å². The van der Waals surface area contributed by atoms with Crippen LogP contribution in [0.25, 0.3) is 11.5 Å². The highest BCUT2D eigenvalue weighted by atomic mass is 16.5. The fourth-order valence-corrected chi connectivity index (χ4v) is 2.09. The van der Waals surface area contributed by atoms with E-state index in [2.05, 4.69) is 20.6 Å². The standard InChI is InChI=1S/C16H16N4O3/c1-11-9-13(22-19-11)10-15(21)17-8-7-14-18-16(23-20-14)12-5-3-2-4-6-12/h2-6,9H,7-8,10H2,1H3,(H,17,21). The normalized spacial score (nSPS) is 10.7. The number of hydrogen-bond acceptors (Lipinski definition) is 6. The van der Waals surface area contributed by atoms with Crippen molar-refractivity contribution >= 4 is 5.91 Å². The monoisotopic (exact) mass is 312 g/mol. The number of nitrogens with zero attached hydrogens (tertiary/aromatic N) is 3. The lowest BCUT2D eigenvalue weighted by atomic mass is 10.2. The third-order valence-corrected chi connectivity index (χ3v) is 3.17. The van der Waals surface area contributed by atoms with Gasteiger partial charge in [0.1, 0.15) is 5.76 Å². The highest BCUT2D eigenvalue weighted by molar-refractivity contribution is 5.77. The predicted molar refractivity (Wildman–Crippen MR) is 81.4 cm³/mol. The molecule has 23 heavy (non-hydrogen) atoms. The number of rotatable bonds is 6. The maximum atomic E-state index is 11.8. The summed E-state index contributed by atoms with van der Waals surface area (Å²) in [5, 5.41) is 10.4. The van der Waals surface area contributed by atoms with Gasteiger partial charge in [0.15, 0.2) is 5.82 Å². The van der Waals surface area contributed by atoms with Gasteiger partial charge in [0.2, 0.25) is 5.91 Å². The van der Waals surface area contributed by atoms with Gasteiger partial charge in [0, 0.05) is 24.6 Å². The minimum atomic E-state index is -0.132. The molecule has 3 rings (SSSR count). The van der Waals surface area contributed by atoms with Crippen LogP contribution < -0.4 is 5.32 Å². The van der Waals surface area contributed by atoms with Gasteiger partial charge in [-0.2, -0.15) is 4.98 Å². The number of aromatic nitrogens is 3. The van der Waals surface area contributed by atoms with Gasteiger partial charge in [-0.15, -0.1) is 0 Å². The van der Waals surface area contributed by atoms with Crippen LogP contribution in [-0.2, 0) is 17.6 Å². The van der Waals surface area contributed by atoms with Gasteiger partial charge in [-0.3, -0.25) is 4.79 Å². The van der Waals surface area contributed by atoms with Gasteiger partial charge in [0.25, 0.3) is 5.89 Å². The van der Waals surface area contributed by atoms with Gasteiger partial charge in [-0.1, -0.05) is 28.5 Å². The lowest BCUT2D eigenvalue weighted by Gasteiger charge is -2.00. The minimum Gasteiger partial charge on any atom is -0.361 e. The lowest BCUT2D eigenvalue weighted by Crippen LogP contribution is -2.27. The Labute approximate surface area is 132 Å². The molecule has 0 bridgehead atoms. The SMILES string of the molecule is Cc1cc(CC(=O)NCCc2noc(-c3ccccc3)n2)on1. The zero-order valence-electron chi connectivity index (χ0n) is 12.7. The molecule has 3 aromatic rings. The van der Waals surface area contributed by atoms with Crippen molar-refractivity contribution in [2.45, 2.75) is 19.8 Å². The second-order valence-electron chi connectivity index (χ2n) is 5.09. The second-order valence-corrected chi connectivity index (χ2v) is 5.09. The van der Waals surface area contributed by atoms with E-state index in [0.717, 1.165) is 11.3 Å². The molecule has 1 N–H and O–H groups in total. The van der Waals surface area contributed by atoms with Gasteiger partial charge in [-0.25, -0.2) is 0 Å². The van der Waals surface area contributed by atoms with Gasteiger partial charge in [-0.05, 0) is 19.1 Å². The second kappa shape index (κ2) is 6.87. The summed E-state index contributed by atoms with van der Waals surface area (Å²) in [5.74, 6) is 1.45. The van der Waals surface area contributed by atoms with Crippen molar-refractivity contribution in [3.8, 4) is 11.5 Å². The Morgan fingerprint density at radius 2 is 2.00 bits per heavy atom. The van der Waals surface area contributed by atoms with E-state index in [1.54, 1.807) is 6.07 Å². The summed E-state index contributed by atoms with van der Waals surface area (Å²) in [7, 11) is 0. The molecule has 7 nitrogen and oxygen atoms in total. The molecule has 0 saturated heterocycles. The fraction of sp³-hybridized carbons (Fsp3) is 0.250. The number of hydrogen-bond donors (Lipinski definition) is 1. The molecule has 118 valence electrons. The summed E-state index contributed by atoms with van der Waals surface area (Å²) in [6, 6.07) is 11.3. The first kappa shape index (κ1) is 15.0. The van der Waals surface area contributed by atoms with Crippen molar-refractivity contribution in [1.82, 2.24) is 20.6 Å². The van der Waals surface area contributed by atoms with E-state index in [-0.39, 0.29) is 12.3 Å². The Bertz CT molecular complexity index is 779. The Morgan fingerprint density at radius 1 is 1.17 bits per heavy atom. The molecule has 0 unspecified atom stereocenters. The van der Waals surface area contributed by atoms with Crippen LogP contribution in [0.4, 0.5) is 0 Å². The molecule has 0 radical (unpaired) electrons. The van der Waals surface area contributed by atoms with E-state index in [1.807, 2.05) is 37.3 Å². The summed E-state index contributed by atoms with van der Waals surface area (Å²) < 4.78 is 10.2. The van der Waals surface area contributed by atoms with Crippen molar-refractivity contribution in [2.75, 3.05) is 6.54 Å². The first-order valence-electron chi connectivity index (χ1n) is 7.27. The molecule has 0 aliphatic rings. The van der Waals surface area contributed by atoms with Crippen molar-refractivity contribution in [1.29, 1.82) is 0 Å². The smallest absolute Gasteiger partial charge is 0.257 e. The zero-order valence-corrected chi connectivity index (χ0v) is 12.7. The molecule has 2 aromatic heterocycles. The Balaban J connectivity index is 1.47. The highest BCUT2D eigenvalue weighted by Crippen LogP contribution is 2.15. The summed E-state index contributed by atoms with van der Waals surface area (Å²) in [5.41, 5.74) is 1.63. The summed E-state index contributed by atoms with van der Waals surface area (Å²) in [4.78, 5) is 16.1.